The molecule has 32 heavy (non-hydrogen) atoms. The molecule has 5 rings (SSSR count). The number of anilines is 1. The van der Waals surface area contributed by atoms with Crippen LogP contribution in [0.3, 0.4) is 0 Å². The molecule has 1 unspecified atom stereocenters. The van der Waals surface area contributed by atoms with Crippen molar-refractivity contribution in [2.75, 3.05) is 18.4 Å². The Hall–Kier alpha value is -3.53. The fourth-order valence-corrected chi connectivity index (χ4v) is 4.59. The van der Waals surface area contributed by atoms with E-state index in [1.807, 2.05) is 0 Å². The van der Waals surface area contributed by atoms with E-state index in [0.29, 0.717) is 12.5 Å². The van der Waals surface area contributed by atoms with Crippen LogP contribution in [0.4, 0.5) is 5.69 Å². The van der Waals surface area contributed by atoms with E-state index in [1.165, 1.54) is 0 Å². The van der Waals surface area contributed by atoms with Crippen molar-refractivity contribution in [1.82, 2.24) is 20.7 Å². The number of hydrogen-bond acceptors (Lipinski definition) is 8. The zero-order valence-corrected chi connectivity index (χ0v) is 17.3. The summed E-state index contributed by atoms with van der Waals surface area (Å²) < 4.78 is 5.19. The summed E-state index contributed by atoms with van der Waals surface area (Å²) in [5, 5.41) is 13.0. The number of aromatic nitrogens is 1. The molecule has 0 radical (unpaired) electrons. The monoisotopic (exact) mass is 437 g/mol. The van der Waals surface area contributed by atoms with Crippen molar-refractivity contribution in [2.45, 2.75) is 44.2 Å². The van der Waals surface area contributed by atoms with E-state index >= 15 is 0 Å². The molecular weight excluding hydrogens is 414 g/mol. The minimum Gasteiger partial charge on any atom is -0.377 e. The number of imide groups is 2. The maximum Gasteiger partial charge on any atom is 0.262 e. The van der Waals surface area contributed by atoms with Gasteiger partial charge < -0.3 is 15.2 Å². The topological polar surface area (TPSA) is 134 Å². The lowest BCUT2D eigenvalue weighted by Crippen LogP contribution is -2.54. The maximum atomic E-state index is 13.0. The van der Waals surface area contributed by atoms with Gasteiger partial charge in [-0.1, -0.05) is 11.2 Å². The highest BCUT2D eigenvalue weighted by molar-refractivity contribution is 6.23. The number of benzene rings is 1. The van der Waals surface area contributed by atoms with Crippen molar-refractivity contribution in [3.05, 3.63) is 46.8 Å². The number of nitrogens with one attached hydrogen (secondary N) is 3. The maximum absolute atomic E-state index is 13.0. The third kappa shape index (κ3) is 3.56. The first-order valence-corrected chi connectivity index (χ1v) is 10.8. The minimum atomic E-state index is -0.966. The first-order valence-electron chi connectivity index (χ1n) is 10.8. The van der Waals surface area contributed by atoms with Crippen LogP contribution in [0.5, 0.6) is 0 Å². The largest absolute Gasteiger partial charge is 0.377 e. The number of hydrogen-bond donors (Lipinski definition) is 3. The minimum absolute atomic E-state index is 0.0944. The third-order valence-electron chi connectivity index (χ3n) is 6.31. The quantitative estimate of drug-likeness (QED) is 0.594. The van der Waals surface area contributed by atoms with Gasteiger partial charge in [-0.3, -0.25) is 29.4 Å². The van der Waals surface area contributed by atoms with Crippen LogP contribution in [0.15, 0.2) is 29.0 Å². The Kier molecular flexibility index (Phi) is 5.22. The van der Waals surface area contributed by atoms with Crippen LogP contribution in [0.2, 0.25) is 0 Å². The molecule has 3 N–H and O–H groups in total. The van der Waals surface area contributed by atoms with E-state index < -0.39 is 29.7 Å². The van der Waals surface area contributed by atoms with Gasteiger partial charge in [-0.2, -0.15) is 0 Å². The molecule has 3 aliphatic rings. The van der Waals surface area contributed by atoms with E-state index in [4.69, 9.17) is 4.52 Å². The summed E-state index contributed by atoms with van der Waals surface area (Å²) in [6, 6.07) is 4.10. The van der Waals surface area contributed by atoms with Crippen LogP contribution >= 0.6 is 0 Å². The zero-order valence-electron chi connectivity index (χ0n) is 17.3. The Morgan fingerprint density at radius 2 is 1.84 bits per heavy atom. The van der Waals surface area contributed by atoms with Gasteiger partial charge in [0.15, 0.2) is 0 Å². The lowest BCUT2D eigenvalue weighted by molar-refractivity contribution is -0.136. The Morgan fingerprint density at radius 1 is 1.06 bits per heavy atom. The van der Waals surface area contributed by atoms with Crippen LogP contribution < -0.4 is 16.0 Å². The summed E-state index contributed by atoms with van der Waals surface area (Å²) in [5.74, 6) is -1.70. The molecule has 1 aromatic heterocycles. The normalized spacial score (nSPS) is 21.6. The van der Waals surface area contributed by atoms with Crippen molar-refractivity contribution in [3.63, 3.8) is 0 Å². The molecule has 0 aliphatic carbocycles. The lowest BCUT2D eigenvalue weighted by Gasteiger charge is -2.27. The van der Waals surface area contributed by atoms with Gasteiger partial charge in [-0.25, -0.2) is 0 Å². The molecule has 0 saturated carbocycles. The smallest absolute Gasteiger partial charge is 0.262 e. The second kappa shape index (κ2) is 8.19. The number of amides is 4. The highest BCUT2D eigenvalue weighted by atomic mass is 16.5. The zero-order chi connectivity index (χ0) is 22.2. The van der Waals surface area contributed by atoms with Crippen LogP contribution in [-0.2, 0) is 16.1 Å². The second-order valence-electron chi connectivity index (χ2n) is 8.32. The van der Waals surface area contributed by atoms with Gasteiger partial charge in [0.25, 0.3) is 11.8 Å². The van der Waals surface area contributed by atoms with Gasteiger partial charge >= 0.3 is 0 Å². The third-order valence-corrected chi connectivity index (χ3v) is 6.31. The van der Waals surface area contributed by atoms with Crippen molar-refractivity contribution in [1.29, 1.82) is 0 Å². The van der Waals surface area contributed by atoms with E-state index in [1.54, 1.807) is 24.5 Å². The summed E-state index contributed by atoms with van der Waals surface area (Å²) in [4.78, 5) is 50.4. The lowest BCUT2D eigenvalue weighted by atomic mass is 9.94. The molecule has 0 bridgehead atoms. The Labute approximate surface area is 183 Å². The molecule has 10 heteroatoms. The summed E-state index contributed by atoms with van der Waals surface area (Å²) in [6.45, 7) is 2.32. The van der Waals surface area contributed by atoms with Crippen LogP contribution in [0, 0.1) is 0 Å². The molecule has 2 fully saturated rings. The standard InChI is InChI=1S/C22H23N5O5/c28-18-4-3-17(20(29)25-18)27-21(30)14-2-1-12(9-15(14)22(27)31)10-24-16-11-32-26-19(16)13-5-7-23-8-6-13/h1-2,9,11,13,17,23-24H,3-8,10H2,(H,25,28,29). The summed E-state index contributed by atoms with van der Waals surface area (Å²) >= 11 is 0. The average molecular weight is 437 g/mol. The summed E-state index contributed by atoms with van der Waals surface area (Å²) in [7, 11) is 0. The van der Waals surface area contributed by atoms with Gasteiger partial charge in [-0.15, -0.1) is 0 Å². The molecule has 0 spiro atoms. The Balaban J connectivity index is 1.31. The second-order valence-corrected chi connectivity index (χ2v) is 8.32. The van der Waals surface area contributed by atoms with Gasteiger partial charge in [0.05, 0.1) is 16.8 Å². The van der Waals surface area contributed by atoms with E-state index in [9.17, 15) is 19.2 Å². The molecule has 10 nitrogen and oxygen atoms in total. The highest BCUT2D eigenvalue weighted by Crippen LogP contribution is 2.31. The van der Waals surface area contributed by atoms with E-state index in [-0.39, 0.29) is 24.0 Å². The Bertz CT molecular complexity index is 1100. The first-order chi connectivity index (χ1) is 15.5. The molecular formula is C22H23N5O5. The molecule has 1 aromatic carbocycles. The molecule has 2 aromatic rings. The molecule has 2 saturated heterocycles. The SMILES string of the molecule is O=C1CCC(N2C(=O)c3ccc(CNc4conc4C4CCNCC4)cc3C2=O)C(=O)N1. The van der Waals surface area contributed by atoms with Crippen molar-refractivity contribution < 1.29 is 23.7 Å². The number of piperidine rings is 2. The van der Waals surface area contributed by atoms with Crippen LogP contribution in [-0.4, -0.2) is 52.8 Å². The average Bonchev–Trinajstić information content (AvgIpc) is 3.36. The first kappa shape index (κ1) is 20.4. The van der Waals surface area contributed by atoms with Gasteiger partial charge in [0.2, 0.25) is 11.8 Å². The fourth-order valence-electron chi connectivity index (χ4n) is 4.59. The van der Waals surface area contributed by atoms with Crippen molar-refractivity contribution in [2.24, 2.45) is 0 Å². The number of fused-ring (bicyclic) bond motifs is 1. The van der Waals surface area contributed by atoms with Gasteiger partial charge in [-0.05, 0) is 50.0 Å². The molecule has 166 valence electrons. The van der Waals surface area contributed by atoms with Gasteiger partial charge in [0.1, 0.15) is 18.0 Å². The van der Waals surface area contributed by atoms with E-state index in [0.717, 1.165) is 47.8 Å². The number of nitrogens with zero attached hydrogens (tertiary/aromatic N) is 2. The van der Waals surface area contributed by atoms with Crippen molar-refractivity contribution in [3.8, 4) is 0 Å². The molecule has 4 heterocycles. The predicted octanol–water partition coefficient (Wildman–Crippen LogP) is 1.15. The Morgan fingerprint density at radius 3 is 2.62 bits per heavy atom. The summed E-state index contributed by atoms with van der Waals surface area (Å²) in [6.07, 6.45) is 3.80. The molecule has 1 atom stereocenters. The highest BCUT2D eigenvalue weighted by Gasteiger charge is 2.44. The van der Waals surface area contributed by atoms with Crippen LogP contribution in [0.1, 0.15) is 63.6 Å². The van der Waals surface area contributed by atoms with Crippen LogP contribution in [0.25, 0.3) is 0 Å². The number of rotatable bonds is 5. The fraction of sp³-hybridized carbons (Fsp3) is 0.409. The predicted molar refractivity (Wildman–Crippen MR) is 112 cm³/mol. The van der Waals surface area contributed by atoms with E-state index in [2.05, 4.69) is 21.1 Å². The van der Waals surface area contributed by atoms with Gasteiger partial charge in [0, 0.05) is 18.9 Å². The van der Waals surface area contributed by atoms with Crippen molar-refractivity contribution >= 4 is 29.3 Å². The number of carbonyl (C=O) groups is 4. The number of carbonyl (C=O) groups excluding carboxylic acids is 4. The molecule has 3 aliphatic heterocycles. The summed E-state index contributed by atoms with van der Waals surface area (Å²) in [5.41, 5.74) is 3.08. The molecule has 4 amide bonds.